The van der Waals surface area contributed by atoms with Crippen molar-refractivity contribution in [2.45, 2.75) is 31.2 Å². The fourth-order valence-electron chi connectivity index (χ4n) is 2.32. The van der Waals surface area contributed by atoms with E-state index in [0.717, 1.165) is 13.0 Å². The average Bonchev–Trinajstić information content (AvgIpc) is 2.66. The molecule has 0 aromatic heterocycles. The summed E-state index contributed by atoms with van der Waals surface area (Å²) in [5.74, 6) is 0.423. The summed E-state index contributed by atoms with van der Waals surface area (Å²) in [5, 5.41) is 3.43. The summed E-state index contributed by atoms with van der Waals surface area (Å²) < 4.78 is 26.8. The highest BCUT2D eigenvalue weighted by Crippen LogP contribution is 2.18. The number of nitrogens with one attached hydrogen (secondary N) is 1. The van der Waals surface area contributed by atoms with Crippen LogP contribution >= 0.6 is 0 Å². The molecule has 1 heterocycles. The topological polar surface area (TPSA) is 49.4 Å². The van der Waals surface area contributed by atoms with Gasteiger partial charge in [-0.2, -0.15) is 4.31 Å². The SMILES string of the molecule is CC(C)C1CN(S(=O)(=O)c2ccccc2)CCCN1. The lowest BCUT2D eigenvalue weighted by atomic mass is 10.1. The summed E-state index contributed by atoms with van der Waals surface area (Å²) in [6.07, 6.45) is 0.856. The molecule has 1 N–H and O–H groups in total. The molecule has 5 heteroatoms. The molecule has 1 aromatic carbocycles. The van der Waals surface area contributed by atoms with Crippen molar-refractivity contribution in [3.8, 4) is 0 Å². The van der Waals surface area contributed by atoms with Crippen LogP contribution in [0.1, 0.15) is 20.3 Å². The molecule has 1 unspecified atom stereocenters. The molecule has 1 aromatic rings. The number of benzene rings is 1. The minimum atomic E-state index is -3.36. The smallest absolute Gasteiger partial charge is 0.243 e. The van der Waals surface area contributed by atoms with Crippen LogP contribution in [0.4, 0.5) is 0 Å². The van der Waals surface area contributed by atoms with E-state index in [1.807, 2.05) is 6.07 Å². The van der Waals surface area contributed by atoms with E-state index in [9.17, 15) is 8.42 Å². The maximum absolute atomic E-state index is 12.6. The lowest BCUT2D eigenvalue weighted by molar-refractivity contribution is 0.342. The van der Waals surface area contributed by atoms with E-state index < -0.39 is 10.0 Å². The van der Waals surface area contributed by atoms with Crippen molar-refractivity contribution in [3.05, 3.63) is 30.3 Å². The highest BCUT2D eigenvalue weighted by Gasteiger charge is 2.29. The quantitative estimate of drug-likeness (QED) is 0.918. The number of sulfonamides is 1. The third-order valence-corrected chi connectivity index (χ3v) is 5.46. The molecule has 4 nitrogen and oxygen atoms in total. The molecule has 2 rings (SSSR count). The van der Waals surface area contributed by atoms with Crippen molar-refractivity contribution in [2.75, 3.05) is 19.6 Å². The predicted molar refractivity (Wildman–Crippen MR) is 76.4 cm³/mol. The summed E-state index contributed by atoms with van der Waals surface area (Å²) in [6.45, 7) is 6.26. The lowest BCUT2D eigenvalue weighted by Gasteiger charge is -2.26. The van der Waals surface area contributed by atoms with E-state index in [0.29, 0.717) is 23.9 Å². The molecule has 0 spiro atoms. The average molecular weight is 282 g/mol. The van der Waals surface area contributed by atoms with Gasteiger partial charge in [-0.3, -0.25) is 0 Å². The van der Waals surface area contributed by atoms with E-state index in [1.54, 1.807) is 28.6 Å². The Morgan fingerprint density at radius 2 is 1.95 bits per heavy atom. The van der Waals surface area contributed by atoms with E-state index in [1.165, 1.54) is 0 Å². The summed E-state index contributed by atoms with van der Waals surface area (Å²) in [7, 11) is -3.36. The predicted octanol–water partition coefficient (Wildman–Crippen LogP) is 1.70. The summed E-state index contributed by atoms with van der Waals surface area (Å²) in [6, 6.07) is 8.92. The molecule has 1 fully saturated rings. The molecule has 1 atom stereocenters. The lowest BCUT2D eigenvalue weighted by Crippen LogP contribution is -2.43. The van der Waals surface area contributed by atoms with Gasteiger partial charge in [0.15, 0.2) is 0 Å². The molecule has 106 valence electrons. The normalized spacial score (nSPS) is 22.4. The first-order chi connectivity index (χ1) is 9.01. The summed E-state index contributed by atoms with van der Waals surface area (Å²) in [5.41, 5.74) is 0. The Bertz CT molecular complexity index is 499. The van der Waals surface area contributed by atoms with Gasteiger partial charge < -0.3 is 5.32 Å². The van der Waals surface area contributed by atoms with E-state index in [4.69, 9.17) is 0 Å². The van der Waals surface area contributed by atoms with Gasteiger partial charge in [-0.05, 0) is 31.0 Å². The zero-order valence-corrected chi connectivity index (χ0v) is 12.4. The van der Waals surface area contributed by atoms with Crippen molar-refractivity contribution in [2.24, 2.45) is 5.92 Å². The van der Waals surface area contributed by atoms with Crippen LogP contribution in [0.5, 0.6) is 0 Å². The molecule has 19 heavy (non-hydrogen) atoms. The second-order valence-electron chi connectivity index (χ2n) is 5.33. The number of hydrogen-bond donors (Lipinski definition) is 1. The third-order valence-electron chi connectivity index (χ3n) is 3.58. The molecular weight excluding hydrogens is 260 g/mol. The van der Waals surface area contributed by atoms with Crippen LogP contribution < -0.4 is 5.32 Å². The molecular formula is C14H22N2O2S. The first-order valence-corrected chi connectivity index (χ1v) is 8.24. The van der Waals surface area contributed by atoms with Crippen molar-refractivity contribution in [1.29, 1.82) is 0 Å². The second-order valence-corrected chi connectivity index (χ2v) is 7.27. The maximum Gasteiger partial charge on any atom is 0.243 e. The summed E-state index contributed by atoms with van der Waals surface area (Å²) in [4.78, 5) is 0.388. The van der Waals surface area contributed by atoms with Crippen molar-refractivity contribution in [1.82, 2.24) is 9.62 Å². The van der Waals surface area contributed by atoms with Gasteiger partial charge in [-0.1, -0.05) is 32.0 Å². The van der Waals surface area contributed by atoms with Gasteiger partial charge in [-0.25, -0.2) is 8.42 Å². The Kier molecular flexibility index (Phi) is 4.60. The van der Waals surface area contributed by atoms with Gasteiger partial charge in [0.2, 0.25) is 10.0 Å². The highest BCUT2D eigenvalue weighted by atomic mass is 32.2. The van der Waals surface area contributed by atoms with Crippen LogP contribution in [0, 0.1) is 5.92 Å². The van der Waals surface area contributed by atoms with Crippen LogP contribution in [-0.2, 0) is 10.0 Å². The van der Waals surface area contributed by atoms with Gasteiger partial charge in [0.1, 0.15) is 0 Å². The number of nitrogens with zero attached hydrogens (tertiary/aromatic N) is 1. The van der Waals surface area contributed by atoms with Crippen LogP contribution in [0.2, 0.25) is 0 Å². The van der Waals surface area contributed by atoms with Crippen LogP contribution in [0.15, 0.2) is 35.2 Å². The van der Waals surface area contributed by atoms with Gasteiger partial charge in [0.05, 0.1) is 4.90 Å². The Balaban J connectivity index is 2.24. The van der Waals surface area contributed by atoms with Gasteiger partial charge in [-0.15, -0.1) is 0 Å². The molecule has 1 saturated heterocycles. The van der Waals surface area contributed by atoms with E-state index >= 15 is 0 Å². The molecule has 0 radical (unpaired) electrons. The fourth-order valence-corrected chi connectivity index (χ4v) is 3.85. The molecule has 0 aliphatic carbocycles. The number of rotatable bonds is 3. The Morgan fingerprint density at radius 1 is 1.26 bits per heavy atom. The monoisotopic (exact) mass is 282 g/mol. The Labute approximate surface area is 115 Å². The molecule has 0 bridgehead atoms. The fraction of sp³-hybridized carbons (Fsp3) is 0.571. The molecule has 0 amide bonds. The van der Waals surface area contributed by atoms with Crippen LogP contribution in [0.25, 0.3) is 0 Å². The third kappa shape index (κ3) is 3.35. The minimum Gasteiger partial charge on any atom is -0.312 e. The standard InChI is InChI=1S/C14H22N2O2S/c1-12(2)14-11-16(10-6-9-15-14)19(17,18)13-7-4-3-5-8-13/h3-5,7-8,12,14-15H,6,9-11H2,1-2H3. The van der Waals surface area contributed by atoms with Crippen LogP contribution in [0.3, 0.4) is 0 Å². The second kappa shape index (κ2) is 6.03. The molecule has 1 aliphatic rings. The van der Waals surface area contributed by atoms with Crippen LogP contribution in [-0.4, -0.2) is 38.4 Å². The Morgan fingerprint density at radius 3 is 2.58 bits per heavy atom. The molecule has 1 aliphatic heterocycles. The van der Waals surface area contributed by atoms with Gasteiger partial charge >= 0.3 is 0 Å². The first-order valence-electron chi connectivity index (χ1n) is 6.80. The van der Waals surface area contributed by atoms with Crippen molar-refractivity contribution in [3.63, 3.8) is 0 Å². The Hall–Kier alpha value is -0.910. The zero-order chi connectivity index (χ0) is 13.9. The number of hydrogen-bond acceptors (Lipinski definition) is 3. The van der Waals surface area contributed by atoms with E-state index in [-0.39, 0.29) is 6.04 Å². The maximum atomic E-state index is 12.6. The van der Waals surface area contributed by atoms with Crippen molar-refractivity contribution < 1.29 is 8.42 Å². The summed E-state index contributed by atoms with van der Waals surface area (Å²) >= 11 is 0. The van der Waals surface area contributed by atoms with Gasteiger partial charge in [0, 0.05) is 19.1 Å². The van der Waals surface area contributed by atoms with Gasteiger partial charge in [0.25, 0.3) is 0 Å². The van der Waals surface area contributed by atoms with Crippen molar-refractivity contribution >= 4 is 10.0 Å². The minimum absolute atomic E-state index is 0.223. The largest absolute Gasteiger partial charge is 0.312 e. The first kappa shape index (κ1) is 14.5. The highest BCUT2D eigenvalue weighted by molar-refractivity contribution is 7.89. The van der Waals surface area contributed by atoms with E-state index in [2.05, 4.69) is 19.2 Å². The zero-order valence-electron chi connectivity index (χ0n) is 11.5. The molecule has 0 saturated carbocycles.